The summed E-state index contributed by atoms with van der Waals surface area (Å²) in [5.41, 5.74) is 4.30. The van der Waals surface area contributed by atoms with Crippen LogP contribution in [0, 0.1) is 17.6 Å². The molecule has 1 amide bonds. The Balaban J connectivity index is 1.89. The third-order valence-corrected chi connectivity index (χ3v) is 6.75. The van der Waals surface area contributed by atoms with Gasteiger partial charge in [-0.2, -0.15) is 4.68 Å². The molecule has 210 valence electrons. The quantitative estimate of drug-likeness (QED) is 0.245. The molecule has 0 aliphatic carbocycles. The Morgan fingerprint density at radius 2 is 1.62 bits per heavy atom. The lowest BCUT2D eigenvalue weighted by Crippen LogP contribution is -2.55. The van der Waals surface area contributed by atoms with Gasteiger partial charge in [-0.25, -0.2) is 13.6 Å². The normalized spacial score (nSPS) is 13.7. The van der Waals surface area contributed by atoms with Crippen molar-refractivity contribution >= 4 is 5.91 Å². The Hall–Kier alpha value is -4.15. The van der Waals surface area contributed by atoms with Gasteiger partial charge < -0.3 is 16.2 Å². The molecule has 4 N–H and O–H groups in total. The van der Waals surface area contributed by atoms with Crippen LogP contribution in [0.2, 0.25) is 0 Å². The first kappa shape index (κ1) is 28.8. The van der Waals surface area contributed by atoms with Crippen molar-refractivity contribution in [2.24, 2.45) is 11.7 Å². The maximum atomic E-state index is 14.1. The van der Waals surface area contributed by atoms with Crippen molar-refractivity contribution in [2.75, 3.05) is 6.54 Å². The summed E-state index contributed by atoms with van der Waals surface area (Å²) in [6.07, 6.45) is 0.444. The molecule has 0 bridgehead atoms. The number of carbonyl (C=O) groups excluding carboxylic acids is 1. The zero-order valence-electron chi connectivity index (χ0n) is 22.4. The molecule has 0 fully saturated rings. The van der Waals surface area contributed by atoms with Gasteiger partial charge in [0.15, 0.2) is 0 Å². The molecule has 1 aromatic heterocycles. The summed E-state index contributed by atoms with van der Waals surface area (Å²) in [5.74, 6) is -3.32. The summed E-state index contributed by atoms with van der Waals surface area (Å²) in [6.45, 7) is 4.01. The van der Waals surface area contributed by atoms with E-state index in [0.29, 0.717) is 18.1 Å². The lowest BCUT2D eigenvalue weighted by atomic mass is 9.81. The van der Waals surface area contributed by atoms with E-state index in [1.165, 1.54) is 4.57 Å². The maximum Gasteiger partial charge on any atom is 0.351 e. The first-order valence-corrected chi connectivity index (χ1v) is 13.1. The topological polar surface area (TPSA) is 115 Å². The number of aromatic nitrogens is 3. The van der Waals surface area contributed by atoms with Crippen molar-refractivity contribution in [2.45, 2.75) is 44.9 Å². The number of nitrogens with zero attached hydrogens (tertiary/aromatic N) is 3. The minimum Gasteiger partial charge on any atom is -0.370 e. The largest absolute Gasteiger partial charge is 0.370 e. The van der Waals surface area contributed by atoms with E-state index in [2.05, 4.69) is 10.4 Å². The molecule has 0 aliphatic heterocycles. The summed E-state index contributed by atoms with van der Waals surface area (Å²) < 4.78 is 30.5. The molecular formula is C30H33F2N5O3. The maximum absolute atomic E-state index is 14.1. The predicted molar refractivity (Wildman–Crippen MR) is 148 cm³/mol. The van der Waals surface area contributed by atoms with Crippen LogP contribution in [0.5, 0.6) is 0 Å². The number of carbonyl (C=O) groups is 1. The Morgan fingerprint density at radius 3 is 2.20 bits per heavy atom. The number of hydrogen-bond donors (Lipinski definition) is 3. The molecule has 0 aliphatic rings. The zero-order valence-corrected chi connectivity index (χ0v) is 22.4. The highest BCUT2D eigenvalue weighted by Gasteiger charge is 2.44. The Morgan fingerprint density at radius 1 is 1.02 bits per heavy atom. The van der Waals surface area contributed by atoms with E-state index in [0.717, 1.165) is 22.4 Å². The molecule has 8 nitrogen and oxygen atoms in total. The first-order chi connectivity index (χ1) is 19.1. The van der Waals surface area contributed by atoms with Crippen LogP contribution in [-0.4, -0.2) is 37.6 Å². The van der Waals surface area contributed by atoms with Gasteiger partial charge >= 0.3 is 5.69 Å². The van der Waals surface area contributed by atoms with Crippen LogP contribution in [0.4, 0.5) is 8.78 Å². The van der Waals surface area contributed by atoms with E-state index in [1.807, 2.05) is 44.2 Å². The number of hydrogen-bond acceptors (Lipinski definition) is 5. The van der Waals surface area contributed by atoms with E-state index < -0.39 is 34.9 Å². The van der Waals surface area contributed by atoms with Crippen LogP contribution in [0.3, 0.4) is 0 Å². The van der Waals surface area contributed by atoms with Gasteiger partial charge in [-0.05, 0) is 55.1 Å². The van der Waals surface area contributed by atoms with Crippen LogP contribution in [0.25, 0.3) is 5.69 Å². The van der Waals surface area contributed by atoms with Crippen LogP contribution in [-0.2, 0) is 6.54 Å². The predicted octanol–water partition coefficient (Wildman–Crippen LogP) is 3.96. The van der Waals surface area contributed by atoms with E-state index >= 15 is 0 Å². The SMILES string of the molecule is CC(C)C(c1nn(-c2cc(F)cc(F)c2)c(=O)n1Cc1ccccc1)C(O)(CCCN)NC(=O)c1ccccc1. The third-order valence-electron chi connectivity index (χ3n) is 6.75. The van der Waals surface area contributed by atoms with Gasteiger partial charge in [-0.3, -0.25) is 9.36 Å². The monoisotopic (exact) mass is 549 g/mol. The Kier molecular flexibility index (Phi) is 8.91. The number of aliphatic hydroxyl groups is 1. The fourth-order valence-electron chi connectivity index (χ4n) is 4.97. The Labute approximate surface area is 231 Å². The second-order valence-corrected chi connectivity index (χ2v) is 10.1. The average molecular weight is 550 g/mol. The second kappa shape index (κ2) is 12.4. The zero-order chi connectivity index (χ0) is 28.9. The van der Waals surface area contributed by atoms with Gasteiger partial charge in [0.2, 0.25) is 0 Å². The molecule has 2 unspecified atom stereocenters. The summed E-state index contributed by atoms with van der Waals surface area (Å²) in [5, 5.41) is 19.4. The van der Waals surface area contributed by atoms with Gasteiger partial charge in [0.25, 0.3) is 5.91 Å². The molecule has 4 aromatic rings. The van der Waals surface area contributed by atoms with Gasteiger partial charge in [0, 0.05) is 11.6 Å². The van der Waals surface area contributed by atoms with Crippen LogP contribution < -0.4 is 16.7 Å². The van der Waals surface area contributed by atoms with Crippen molar-refractivity contribution in [3.63, 3.8) is 0 Å². The van der Waals surface area contributed by atoms with Gasteiger partial charge in [0.05, 0.1) is 18.2 Å². The van der Waals surface area contributed by atoms with Crippen molar-refractivity contribution in [1.82, 2.24) is 19.7 Å². The standard InChI is InChI=1S/C30H33F2N5O3/c1-20(2)26(30(40,14-9-15-33)34-28(38)22-12-7-4-8-13-22)27-35-37(25-17-23(31)16-24(32)18-25)29(39)36(27)19-21-10-5-3-6-11-21/h3-8,10-13,16-18,20,26,40H,9,14-15,19,33H2,1-2H3,(H,34,38). The van der Waals surface area contributed by atoms with Gasteiger partial charge in [-0.1, -0.05) is 62.4 Å². The van der Waals surface area contributed by atoms with Crippen molar-refractivity contribution in [3.05, 3.63) is 118 Å². The number of amides is 1. The fraction of sp³-hybridized carbons (Fsp3) is 0.300. The number of halogens is 2. The highest BCUT2D eigenvalue weighted by atomic mass is 19.1. The van der Waals surface area contributed by atoms with Crippen molar-refractivity contribution in [1.29, 1.82) is 0 Å². The number of rotatable bonds is 11. The lowest BCUT2D eigenvalue weighted by Gasteiger charge is -2.39. The minimum absolute atomic E-state index is 0.0753. The van der Waals surface area contributed by atoms with E-state index in [-0.39, 0.29) is 36.9 Å². The number of nitrogens with one attached hydrogen (secondary N) is 1. The van der Waals surface area contributed by atoms with Crippen LogP contribution in [0.15, 0.2) is 83.7 Å². The molecule has 2 atom stereocenters. The minimum atomic E-state index is -1.86. The van der Waals surface area contributed by atoms with Crippen molar-refractivity contribution in [3.8, 4) is 5.69 Å². The molecule has 1 heterocycles. The number of benzene rings is 3. The van der Waals surface area contributed by atoms with Crippen LogP contribution >= 0.6 is 0 Å². The molecule has 0 saturated carbocycles. The fourth-order valence-corrected chi connectivity index (χ4v) is 4.97. The highest BCUT2D eigenvalue weighted by molar-refractivity contribution is 5.94. The Bertz CT molecular complexity index is 1480. The number of nitrogens with two attached hydrogens (primary N) is 1. The molecule has 3 aromatic carbocycles. The molecule has 0 radical (unpaired) electrons. The third kappa shape index (κ3) is 6.35. The summed E-state index contributed by atoms with van der Waals surface area (Å²) >= 11 is 0. The first-order valence-electron chi connectivity index (χ1n) is 13.1. The molecule has 4 rings (SSSR count). The molecule has 0 spiro atoms. The lowest BCUT2D eigenvalue weighted by molar-refractivity contribution is -0.0398. The summed E-state index contributed by atoms with van der Waals surface area (Å²) in [4.78, 5) is 27.0. The molecule has 40 heavy (non-hydrogen) atoms. The average Bonchev–Trinajstić information content (AvgIpc) is 3.23. The van der Waals surface area contributed by atoms with E-state index in [1.54, 1.807) is 30.3 Å². The summed E-state index contributed by atoms with van der Waals surface area (Å²) in [6, 6.07) is 20.3. The van der Waals surface area contributed by atoms with E-state index in [4.69, 9.17) is 5.73 Å². The summed E-state index contributed by atoms with van der Waals surface area (Å²) in [7, 11) is 0. The van der Waals surface area contributed by atoms with Crippen molar-refractivity contribution < 1.29 is 18.7 Å². The van der Waals surface area contributed by atoms with Gasteiger partial charge in [-0.15, -0.1) is 5.10 Å². The molecule has 0 saturated heterocycles. The highest BCUT2D eigenvalue weighted by Crippen LogP contribution is 2.36. The van der Waals surface area contributed by atoms with E-state index in [9.17, 15) is 23.5 Å². The van der Waals surface area contributed by atoms with Crippen LogP contribution in [0.1, 0.15) is 54.4 Å². The second-order valence-electron chi connectivity index (χ2n) is 10.1. The molecular weight excluding hydrogens is 516 g/mol. The smallest absolute Gasteiger partial charge is 0.351 e. The van der Waals surface area contributed by atoms with Gasteiger partial charge in [0.1, 0.15) is 23.2 Å². The molecule has 10 heteroatoms.